The van der Waals surface area contributed by atoms with Gasteiger partial charge in [0.05, 0.1) is 0 Å². The van der Waals surface area contributed by atoms with Crippen molar-refractivity contribution in [2.45, 2.75) is 6.92 Å². The van der Waals surface area contributed by atoms with Gasteiger partial charge in [0, 0.05) is 38.4 Å². The third-order valence-corrected chi connectivity index (χ3v) is 4.76. The fourth-order valence-corrected chi connectivity index (χ4v) is 3.14. The average Bonchev–Trinajstić information content (AvgIpc) is 2.67. The summed E-state index contributed by atoms with van der Waals surface area (Å²) in [5.74, 6) is -0.528. The number of carbonyl (C=O) groups is 2. The van der Waals surface area contributed by atoms with Crippen LogP contribution in [0, 0.1) is 6.92 Å². The molecule has 0 radical (unpaired) electrons. The minimum atomic E-state index is -0.242. The number of rotatable bonds is 4. The molecule has 0 aliphatic rings. The number of hydrogen-bond acceptors (Lipinski definition) is 5. The molecule has 3 rings (SSSR count). The Balaban J connectivity index is 2.36. The minimum Gasteiger partial charge on any atom is -0.507 e. The zero-order chi connectivity index (χ0) is 19.7. The first-order valence-electron chi connectivity index (χ1n) is 7.96. The first kappa shape index (κ1) is 18.5. The Morgan fingerprint density at radius 3 is 1.85 bits per heavy atom. The van der Waals surface area contributed by atoms with Crippen molar-refractivity contribution in [2.75, 3.05) is 0 Å². The van der Waals surface area contributed by atoms with E-state index < -0.39 is 0 Å². The van der Waals surface area contributed by atoms with Gasteiger partial charge in [-0.2, -0.15) is 0 Å². The Kier molecular flexibility index (Phi) is 4.88. The molecule has 0 heterocycles. The summed E-state index contributed by atoms with van der Waals surface area (Å²) in [6.45, 7) is 1.66. The number of aldehydes is 2. The molecule has 0 unspecified atom stereocenters. The van der Waals surface area contributed by atoms with E-state index in [9.17, 15) is 24.9 Å². The summed E-state index contributed by atoms with van der Waals surface area (Å²) in [6, 6.07) is 9.92. The molecule has 0 aliphatic carbocycles. The molecule has 0 amide bonds. The molecule has 6 heteroatoms. The highest BCUT2D eigenvalue weighted by atomic mass is 35.5. The van der Waals surface area contributed by atoms with Crippen LogP contribution in [0.5, 0.6) is 17.2 Å². The lowest BCUT2D eigenvalue weighted by Crippen LogP contribution is -1.93. The predicted molar refractivity (Wildman–Crippen MR) is 103 cm³/mol. The topological polar surface area (TPSA) is 94.8 Å². The first-order chi connectivity index (χ1) is 12.9. The van der Waals surface area contributed by atoms with Crippen LogP contribution in [-0.2, 0) is 0 Å². The third kappa shape index (κ3) is 3.25. The molecular weight excluding hydrogens is 368 g/mol. The quantitative estimate of drug-likeness (QED) is 0.567. The molecule has 0 aromatic heterocycles. The molecule has 0 fully saturated rings. The smallest absolute Gasteiger partial charge is 0.150 e. The van der Waals surface area contributed by atoms with Crippen LogP contribution in [0.15, 0.2) is 42.5 Å². The number of carbonyl (C=O) groups excluding carboxylic acids is 2. The van der Waals surface area contributed by atoms with Crippen molar-refractivity contribution in [2.24, 2.45) is 0 Å². The van der Waals surface area contributed by atoms with Gasteiger partial charge < -0.3 is 15.3 Å². The maximum atomic E-state index is 11.1. The standard InChI is InChI=1S/C21H15ClO5/c1-11-17(22)8-15(14-6-12(9-23)2-4-18(14)25)21(27)20(11)16-7-13(10-24)3-5-19(16)26/h2-10,25-27H,1H3. The van der Waals surface area contributed by atoms with Gasteiger partial charge in [0.15, 0.2) is 0 Å². The Morgan fingerprint density at radius 1 is 0.778 bits per heavy atom. The maximum Gasteiger partial charge on any atom is 0.150 e. The predicted octanol–water partition coefficient (Wildman–Crippen LogP) is 4.72. The van der Waals surface area contributed by atoms with Crippen LogP contribution in [0.1, 0.15) is 26.3 Å². The van der Waals surface area contributed by atoms with Gasteiger partial charge in [0.1, 0.15) is 29.8 Å². The van der Waals surface area contributed by atoms with Gasteiger partial charge in [0.2, 0.25) is 0 Å². The van der Waals surface area contributed by atoms with Crippen LogP contribution >= 0.6 is 11.6 Å². The molecule has 0 aliphatic heterocycles. The van der Waals surface area contributed by atoms with Gasteiger partial charge in [-0.15, -0.1) is 0 Å². The summed E-state index contributed by atoms with van der Waals surface area (Å²) in [5.41, 5.74) is 1.98. The average molecular weight is 383 g/mol. The van der Waals surface area contributed by atoms with Crippen molar-refractivity contribution < 1.29 is 24.9 Å². The number of phenolic OH excluding ortho intramolecular Hbond substituents is 3. The first-order valence-corrected chi connectivity index (χ1v) is 8.34. The number of aromatic hydroxyl groups is 3. The molecular formula is C21H15ClO5. The molecule has 27 heavy (non-hydrogen) atoms. The highest BCUT2D eigenvalue weighted by Crippen LogP contribution is 2.47. The number of phenols is 3. The van der Waals surface area contributed by atoms with Crippen molar-refractivity contribution in [3.8, 4) is 39.5 Å². The zero-order valence-corrected chi connectivity index (χ0v) is 15.0. The van der Waals surface area contributed by atoms with E-state index in [0.717, 1.165) is 0 Å². The van der Waals surface area contributed by atoms with Gasteiger partial charge in [-0.3, -0.25) is 9.59 Å². The highest BCUT2D eigenvalue weighted by molar-refractivity contribution is 6.32. The molecule has 136 valence electrons. The van der Waals surface area contributed by atoms with E-state index >= 15 is 0 Å². The third-order valence-electron chi connectivity index (χ3n) is 4.37. The van der Waals surface area contributed by atoms with Crippen LogP contribution < -0.4 is 0 Å². The Morgan fingerprint density at radius 2 is 1.30 bits per heavy atom. The summed E-state index contributed by atoms with van der Waals surface area (Å²) in [7, 11) is 0. The van der Waals surface area contributed by atoms with Gasteiger partial charge >= 0.3 is 0 Å². The lowest BCUT2D eigenvalue weighted by Gasteiger charge is -2.17. The molecule has 0 saturated heterocycles. The van der Waals surface area contributed by atoms with Gasteiger partial charge in [-0.1, -0.05) is 11.6 Å². The minimum absolute atomic E-state index is 0.141. The van der Waals surface area contributed by atoms with Crippen LogP contribution in [0.25, 0.3) is 22.3 Å². The van der Waals surface area contributed by atoms with Crippen LogP contribution in [0.3, 0.4) is 0 Å². The van der Waals surface area contributed by atoms with Crippen LogP contribution in [-0.4, -0.2) is 27.9 Å². The summed E-state index contributed by atoms with van der Waals surface area (Å²) < 4.78 is 0. The van der Waals surface area contributed by atoms with Crippen molar-refractivity contribution in [1.82, 2.24) is 0 Å². The second kappa shape index (κ2) is 7.13. The molecule has 0 saturated carbocycles. The second-order valence-corrected chi connectivity index (χ2v) is 6.45. The van der Waals surface area contributed by atoms with Crippen LogP contribution in [0.2, 0.25) is 5.02 Å². The van der Waals surface area contributed by atoms with E-state index in [-0.39, 0.29) is 44.5 Å². The number of benzene rings is 3. The summed E-state index contributed by atoms with van der Waals surface area (Å²) >= 11 is 6.33. The van der Waals surface area contributed by atoms with Crippen LogP contribution in [0.4, 0.5) is 0 Å². The number of hydrogen-bond donors (Lipinski definition) is 3. The fourth-order valence-electron chi connectivity index (χ4n) is 2.94. The van der Waals surface area contributed by atoms with Crippen molar-refractivity contribution >= 4 is 24.2 Å². The lowest BCUT2D eigenvalue weighted by atomic mass is 9.91. The Labute approximate surface area is 160 Å². The van der Waals surface area contributed by atoms with Gasteiger partial charge in [0.25, 0.3) is 0 Å². The van der Waals surface area contributed by atoms with Crippen molar-refractivity contribution in [1.29, 1.82) is 0 Å². The van der Waals surface area contributed by atoms with E-state index in [1.54, 1.807) is 6.92 Å². The molecule has 0 atom stereocenters. The summed E-state index contributed by atoms with van der Waals surface area (Å²) in [5, 5.41) is 31.7. The van der Waals surface area contributed by atoms with Gasteiger partial charge in [-0.25, -0.2) is 0 Å². The Bertz CT molecular complexity index is 1070. The second-order valence-electron chi connectivity index (χ2n) is 6.04. The fraction of sp³-hybridized carbons (Fsp3) is 0.0476. The molecule has 3 N–H and O–H groups in total. The van der Waals surface area contributed by atoms with Crippen molar-refractivity contribution in [3.05, 3.63) is 64.2 Å². The normalized spacial score (nSPS) is 10.6. The molecule has 3 aromatic carbocycles. The molecule has 5 nitrogen and oxygen atoms in total. The monoisotopic (exact) mass is 382 g/mol. The lowest BCUT2D eigenvalue weighted by molar-refractivity contribution is 0.111. The SMILES string of the molecule is Cc1c(Cl)cc(-c2cc(C=O)ccc2O)c(O)c1-c1cc(C=O)ccc1O. The Hall–Kier alpha value is -3.31. The van der Waals surface area contributed by atoms with Crippen molar-refractivity contribution in [3.63, 3.8) is 0 Å². The molecule has 0 spiro atoms. The highest BCUT2D eigenvalue weighted by Gasteiger charge is 2.21. The number of halogens is 1. The van der Waals surface area contributed by atoms with E-state index in [1.807, 2.05) is 0 Å². The maximum absolute atomic E-state index is 11.1. The molecule has 3 aromatic rings. The largest absolute Gasteiger partial charge is 0.507 e. The zero-order valence-electron chi connectivity index (χ0n) is 14.2. The summed E-state index contributed by atoms with van der Waals surface area (Å²) in [6.07, 6.45) is 1.25. The van der Waals surface area contributed by atoms with Gasteiger partial charge in [-0.05, 0) is 55.0 Å². The van der Waals surface area contributed by atoms with E-state index in [1.165, 1.54) is 42.5 Å². The summed E-state index contributed by atoms with van der Waals surface area (Å²) in [4.78, 5) is 22.2. The molecule has 0 bridgehead atoms. The van der Waals surface area contributed by atoms with E-state index in [0.29, 0.717) is 29.3 Å². The van der Waals surface area contributed by atoms with E-state index in [4.69, 9.17) is 11.6 Å². The van der Waals surface area contributed by atoms with E-state index in [2.05, 4.69) is 0 Å².